The smallest absolute Gasteiger partial charge is 0.264 e. The number of nitrogens with one attached hydrogen (secondary N) is 1. The zero-order chi connectivity index (χ0) is 20.1. The summed E-state index contributed by atoms with van der Waals surface area (Å²) in [6, 6.07) is 11.2. The maximum Gasteiger partial charge on any atom is 0.264 e. The summed E-state index contributed by atoms with van der Waals surface area (Å²) in [5.74, 6) is 2.14. The fourth-order valence-corrected chi connectivity index (χ4v) is 3.29. The predicted molar refractivity (Wildman–Crippen MR) is 108 cm³/mol. The van der Waals surface area contributed by atoms with Crippen LogP contribution in [0.1, 0.15) is 11.1 Å². The number of rotatable bonds is 7. The van der Waals surface area contributed by atoms with Crippen molar-refractivity contribution in [3.05, 3.63) is 47.5 Å². The van der Waals surface area contributed by atoms with E-state index in [-0.39, 0.29) is 12.5 Å². The number of carbonyl (C=O) groups excluding carboxylic acids is 1. The Morgan fingerprint density at radius 2 is 1.79 bits per heavy atom. The van der Waals surface area contributed by atoms with Gasteiger partial charge in [0.1, 0.15) is 5.75 Å². The van der Waals surface area contributed by atoms with E-state index in [1.807, 2.05) is 38.1 Å². The molecule has 3 rings (SSSR count). The van der Waals surface area contributed by atoms with Crippen LogP contribution in [0.5, 0.6) is 17.2 Å². The molecule has 28 heavy (non-hydrogen) atoms. The molecule has 0 unspecified atom stereocenters. The minimum absolute atomic E-state index is 0.100. The number of aromatic nitrogens is 2. The second-order valence-electron chi connectivity index (χ2n) is 6.05. The van der Waals surface area contributed by atoms with Gasteiger partial charge in [-0.15, -0.1) is 0 Å². The lowest BCUT2D eigenvalue weighted by atomic mass is 10.1. The van der Waals surface area contributed by atoms with Crippen molar-refractivity contribution in [3.63, 3.8) is 0 Å². The number of ether oxygens (including phenoxy) is 3. The highest BCUT2D eigenvalue weighted by atomic mass is 32.1. The highest BCUT2D eigenvalue weighted by molar-refractivity contribution is 7.10. The first kappa shape index (κ1) is 19.6. The number of benzene rings is 2. The molecule has 0 aliphatic carbocycles. The average Bonchev–Trinajstić information content (AvgIpc) is 3.15. The molecule has 0 aliphatic heterocycles. The minimum atomic E-state index is -0.294. The van der Waals surface area contributed by atoms with Crippen LogP contribution in [0.4, 0.5) is 5.13 Å². The van der Waals surface area contributed by atoms with Crippen LogP contribution in [-0.4, -0.2) is 36.1 Å². The van der Waals surface area contributed by atoms with Gasteiger partial charge in [-0.3, -0.25) is 10.1 Å². The molecule has 0 saturated carbocycles. The molecule has 0 fully saturated rings. The molecule has 146 valence electrons. The molecule has 0 atom stereocenters. The number of methoxy groups -OCH3 is 2. The topological polar surface area (TPSA) is 82.6 Å². The number of anilines is 1. The maximum absolute atomic E-state index is 12.2. The molecule has 1 N–H and O–H groups in total. The van der Waals surface area contributed by atoms with Crippen LogP contribution in [-0.2, 0) is 4.79 Å². The van der Waals surface area contributed by atoms with Gasteiger partial charge in [0.2, 0.25) is 5.13 Å². The van der Waals surface area contributed by atoms with E-state index in [0.717, 1.165) is 34.0 Å². The lowest BCUT2D eigenvalue weighted by molar-refractivity contribution is -0.118. The van der Waals surface area contributed by atoms with Crippen LogP contribution < -0.4 is 19.5 Å². The number of hydrogen-bond acceptors (Lipinski definition) is 7. The van der Waals surface area contributed by atoms with E-state index in [1.165, 1.54) is 0 Å². The van der Waals surface area contributed by atoms with E-state index >= 15 is 0 Å². The third kappa shape index (κ3) is 4.40. The van der Waals surface area contributed by atoms with E-state index in [0.29, 0.717) is 22.5 Å². The Morgan fingerprint density at radius 3 is 2.46 bits per heavy atom. The molecule has 0 saturated heterocycles. The molecule has 7 nitrogen and oxygen atoms in total. The summed E-state index contributed by atoms with van der Waals surface area (Å²) in [5.41, 5.74) is 2.74. The van der Waals surface area contributed by atoms with Gasteiger partial charge in [-0.25, -0.2) is 0 Å². The summed E-state index contributed by atoms with van der Waals surface area (Å²) >= 11 is 1.10. The fraction of sp³-hybridized carbons (Fsp3) is 0.250. The lowest BCUT2D eigenvalue weighted by Crippen LogP contribution is -2.20. The summed E-state index contributed by atoms with van der Waals surface area (Å²) in [6.45, 7) is 3.79. The van der Waals surface area contributed by atoms with E-state index < -0.39 is 0 Å². The van der Waals surface area contributed by atoms with Gasteiger partial charge < -0.3 is 14.2 Å². The first-order chi connectivity index (χ1) is 13.5. The van der Waals surface area contributed by atoms with Gasteiger partial charge in [0.15, 0.2) is 23.9 Å². The van der Waals surface area contributed by atoms with Crippen LogP contribution in [0.3, 0.4) is 0 Å². The second kappa shape index (κ2) is 8.71. The number of amides is 1. The quantitative estimate of drug-likeness (QED) is 0.650. The predicted octanol–water partition coefficient (Wildman–Crippen LogP) is 3.86. The van der Waals surface area contributed by atoms with Crippen LogP contribution in [0.25, 0.3) is 11.4 Å². The van der Waals surface area contributed by atoms with Crippen molar-refractivity contribution in [2.45, 2.75) is 13.8 Å². The van der Waals surface area contributed by atoms with E-state index in [1.54, 1.807) is 26.4 Å². The summed E-state index contributed by atoms with van der Waals surface area (Å²) in [4.78, 5) is 16.6. The molecule has 3 aromatic rings. The Bertz CT molecular complexity index is 967. The van der Waals surface area contributed by atoms with E-state index in [4.69, 9.17) is 14.2 Å². The molecule has 0 spiro atoms. The molecule has 0 aliphatic rings. The minimum Gasteiger partial charge on any atom is -0.493 e. The van der Waals surface area contributed by atoms with Crippen LogP contribution >= 0.6 is 11.5 Å². The Labute approximate surface area is 167 Å². The standard InChI is InChI=1S/C20H21N3O4S/c1-12-6-5-7-13(2)18(12)27-11-17(24)21-20-22-19(23-28-20)14-8-9-15(25-3)16(10-14)26-4/h5-10H,11H2,1-4H3,(H,21,22,23,24). The normalized spacial score (nSPS) is 10.4. The Kier molecular flexibility index (Phi) is 6.10. The first-order valence-electron chi connectivity index (χ1n) is 8.56. The SMILES string of the molecule is COc1ccc(-c2nsc(NC(=O)COc3c(C)cccc3C)n2)cc1OC. The number of hydrogen-bond donors (Lipinski definition) is 1. The Balaban J connectivity index is 1.65. The fourth-order valence-electron chi connectivity index (χ4n) is 2.69. The van der Waals surface area contributed by atoms with Gasteiger partial charge in [-0.2, -0.15) is 9.36 Å². The molecule has 1 amide bonds. The van der Waals surface area contributed by atoms with Crippen molar-refractivity contribution < 1.29 is 19.0 Å². The summed E-state index contributed by atoms with van der Waals surface area (Å²) in [5, 5.41) is 3.12. The van der Waals surface area contributed by atoms with E-state index in [2.05, 4.69) is 14.7 Å². The molecular formula is C20H21N3O4S. The van der Waals surface area contributed by atoms with Crippen molar-refractivity contribution in [2.24, 2.45) is 0 Å². The van der Waals surface area contributed by atoms with Gasteiger partial charge in [-0.1, -0.05) is 18.2 Å². The van der Waals surface area contributed by atoms with Gasteiger partial charge in [0.25, 0.3) is 5.91 Å². The average molecular weight is 399 g/mol. The zero-order valence-electron chi connectivity index (χ0n) is 16.1. The third-order valence-electron chi connectivity index (χ3n) is 4.07. The van der Waals surface area contributed by atoms with Crippen molar-refractivity contribution in [1.82, 2.24) is 9.36 Å². The summed E-state index contributed by atoms with van der Waals surface area (Å²) < 4.78 is 20.5. The third-order valence-corrected chi connectivity index (χ3v) is 4.70. The monoisotopic (exact) mass is 399 g/mol. The lowest BCUT2D eigenvalue weighted by Gasteiger charge is -2.11. The number of aryl methyl sites for hydroxylation is 2. The van der Waals surface area contributed by atoms with Gasteiger partial charge in [-0.05, 0) is 43.2 Å². The van der Waals surface area contributed by atoms with Gasteiger partial charge in [0, 0.05) is 17.1 Å². The molecule has 0 radical (unpaired) electrons. The molecule has 8 heteroatoms. The summed E-state index contributed by atoms with van der Waals surface area (Å²) in [7, 11) is 3.14. The largest absolute Gasteiger partial charge is 0.493 e. The molecule has 1 heterocycles. The zero-order valence-corrected chi connectivity index (χ0v) is 16.9. The van der Waals surface area contributed by atoms with Crippen LogP contribution in [0, 0.1) is 13.8 Å². The van der Waals surface area contributed by atoms with Gasteiger partial charge in [0.05, 0.1) is 14.2 Å². The molecule has 0 bridgehead atoms. The van der Waals surface area contributed by atoms with Crippen molar-refractivity contribution >= 4 is 22.6 Å². The van der Waals surface area contributed by atoms with Crippen molar-refractivity contribution in [1.29, 1.82) is 0 Å². The molecule has 1 aromatic heterocycles. The highest BCUT2D eigenvalue weighted by Gasteiger charge is 2.13. The Hall–Kier alpha value is -3.13. The van der Waals surface area contributed by atoms with Crippen molar-refractivity contribution in [2.75, 3.05) is 26.1 Å². The number of carbonyl (C=O) groups is 1. The maximum atomic E-state index is 12.2. The second-order valence-corrected chi connectivity index (χ2v) is 6.80. The van der Waals surface area contributed by atoms with Gasteiger partial charge >= 0.3 is 0 Å². The Morgan fingerprint density at radius 1 is 1.07 bits per heavy atom. The van der Waals surface area contributed by atoms with E-state index in [9.17, 15) is 4.79 Å². The van der Waals surface area contributed by atoms with Crippen LogP contribution in [0.2, 0.25) is 0 Å². The van der Waals surface area contributed by atoms with Crippen LogP contribution in [0.15, 0.2) is 36.4 Å². The molecular weight excluding hydrogens is 378 g/mol. The number of nitrogens with zero attached hydrogens (tertiary/aromatic N) is 2. The number of para-hydroxylation sites is 1. The molecule has 2 aromatic carbocycles. The summed E-state index contributed by atoms with van der Waals surface area (Å²) in [6.07, 6.45) is 0. The first-order valence-corrected chi connectivity index (χ1v) is 9.34. The van der Waals surface area contributed by atoms with Crippen molar-refractivity contribution in [3.8, 4) is 28.6 Å². The highest BCUT2D eigenvalue weighted by Crippen LogP contribution is 2.32.